The maximum Gasteiger partial charge on any atom is 0.277 e. The summed E-state index contributed by atoms with van der Waals surface area (Å²) in [5.74, 6) is 1.70. The summed E-state index contributed by atoms with van der Waals surface area (Å²) in [5, 5.41) is 11.6. The summed E-state index contributed by atoms with van der Waals surface area (Å²) in [4.78, 5) is 12.6. The van der Waals surface area contributed by atoms with Crippen LogP contribution in [0.3, 0.4) is 0 Å². The molecule has 1 aliphatic carbocycles. The van der Waals surface area contributed by atoms with Crippen LogP contribution in [0.5, 0.6) is 0 Å². The molecule has 0 spiro atoms. The highest BCUT2D eigenvalue weighted by Crippen LogP contribution is 2.31. The zero-order valence-corrected chi connectivity index (χ0v) is 17.6. The van der Waals surface area contributed by atoms with Crippen molar-refractivity contribution in [2.75, 3.05) is 0 Å². The maximum atomic E-state index is 12.6. The fraction of sp³-hybridized carbons (Fsp3) is 0.571. The van der Waals surface area contributed by atoms with Crippen LogP contribution < -0.4 is 5.32 Å². The van der Waals surface area contributed by atoms with E-state index in [-0.39, 0.29) is 17.2 Å². The highest BCUT2D eigenvalue weighted by atomic mass is 32.2. The van der Waals surface area contributed by atoms with E-state index in [2.05, 4.69) is 43.2 Å². The van der Waals surface area contributed by atoms with Gasteiger partial charge in [0.1, 0.15) is 0 Å². The molecule has 1 fully saturated rings. The molecule has 2 aromatic rings. The number of hydrogen-bond acceptors (Lipinski definition) is 5. The van der Waals surface area contributed by atoms with Gasteiger partial charge in [-0.3, -0.25) is 4.79 Å². The van der Waals surface area contributed by atoms with E-state index in [1.807, 2.05) is 25.1 Å². The molecule has 1 aromatic heterocycles. The van der Waals surface area contributed by atoms with Crippen molar-refractivity contribution < 1.29 is 9.21 Å². The molecule has 1 saturated carbocycles. The van der Waals surface area contributed by atoms with E-state index in [9.17, 15) is 4.79 Å². The zero-order valence-electron chi connectivity index (χ0n) is 16.8. The van der Waals surface area contributed by atoms with Gasteiger partial charge in [0, 0.05) is 11.6 Å². The Morgan fingerprint density at radius 1 is 1.22 bits per heavy atom. The first kappa shape index (κ1) is 19.9. The van der Waals surface area contributed by atoms with Gasteiger partial charge in [-0.05, 0) is 62.3 Å². The van der Waals surface area contributed by atoms with Gasteiger partial charge < -0.3 is 9.73 Å². The molecule has 0 aliphatic heterocycles. The molecule has 1 aromatic carbocycles. The standard InChI is InChI=1S/C21H29N3O2S/c1-12-9-10-17(11-14(12)3)20-23-24-21(26-20)27-16(5)19(25)22-18-8-6-7-13(2)15(18)4/h9-11,13,15-16,18H,6-8H2,1-5H3,(H,22,25)/t13-,15-,16-,18+/m0/s1. The van der Waals surface area contributed by atoms with Crippen molar-refractivity contribution in [2.24, 2.45) is 11.8 Å². The number of aryl methyl sites for hydroxylation is 2. The van der Waals surface area contributed by atoms with Crippen molar-refractivity contribution in [3.05, 3.63) is 29.3 Å². The molecule has 3 rings (SSSR count). The molecule has 1 N–H and O–H groups in total. The minimum Gasteiger partial charge on any atom is -0.411 e. The van der Waals surface area contributed by atoms with Crippen LogP contribution >= 0.6 is 11.8 Å². The van der Waals surface area contributed by atoms with Crippen molar-refractivity contribution in [3.8, 4) is 11.5 Å². The predicted molar refractivity (Wildman–Crippen MR) is 109 cm³/mol. The second-order valence-electron chi connectivity index (χ2n) is 7.81. The lowest BCUT2D eigenvalue weighted by atomic mass is 9.78. The number of carbonyl (C=O) groups is 1. The Morgan fingerprint density at radius 2 is 2.00 bits per heavy atom. The van der Waals surface area contributed by atoms with Crippen LogP contribution in [0.25, 0.3) is 11.5 Å². The molecule has 1 aliphatic rings. The first-order chi connectivity index (χ1) is 12.8. The topological polar surface area (TPSA) is 68.0 Å². The molecule has 0 bridgehead atoms. The Labute approximate surface area is 165 Å². The van der Waals surface area contributed by atoms with Crippen molar-refractivity contribution in [3.63, 3.8) is 0 Å². The number of nitrogens with zero attached hydrogens (tertiary/aromatic N) is 2. The van der Waals surface area contributed by atoms with Crippen LogP contribution in [0.1, 0.15) is 51.2 Å². The molecule has 0 saturated heterocycles. The molecule has 27 heavy (non-hydrogen) atoms. The maximum absolute atomic E-state index is 12.6. The van der Waals surface area contributed by atoms with E-state index in [4.69, 9.17) is 4.42 Å². The van der Waals surface area contributed by atoms with E-state index in [0.717, 1.165) is 12.0 Å². The molecule has 4 atom stereocenters. The summed E-state index contributed by atoms with van der Waals surface area (Å²) in [6.45, 7) is 10.5. The number of nitrogens with one attached hydrogen (secondary N) is 1. The summed E-state index contributed by atoms with van der Waals surface area (Å²) < 4.78 is 5.77. The van der Waals surface area contributed by atoms with Crippen LogP contribution in [0.15, 0.2) is 27.8 Å². The minimum absolute atomic E-state index is 0.0388. The third kappa shape index (κ3) is 4.72. The van der Waals surface area contributed by atoms with Gasteiger partial charge in [0.05, 0.1) is 5.25 Å². The Balaban J connectivity index is 1.60. The van der Waals surface area contributed by atoms with Crippen molar-refractivity contribution in [1.29, 1.82) is 0 Å². The number of aromatic nitrogens is 2. The first-order valence-electron chi connectivity index (χ1n) is 9.73. The number of thioether (sulfide) groups is 1. The average Bonchev–Trinajstić information content (AvgIpc) is 3.09. The number of hydrogen-bond donors (Lipinski definition) is 1. The van der Waals surface area contributed by atoms with Crippen LogP contribution in [0.2, 0.25) is 0 Å². The van der Waals surface area contributed by atoms with Crippen LogP contribution in [0, 0.1) is 25.7 Å². The van der Waals surface area contributed by atoms with Crippen molar-refractivity contribution >= 4 is 17.7 Å². The van der Waals surface area contributed by atoms with E-state index in [0.29, 0.717) is 22.9 Å². The molecule has 0 radical (unpaired) electrons. The number of carbonyl (C=O) groups excluding carboxylic acids is 1. The van der Waals surface area contributed by atoms with E-state index in [1.54, 1.807) is 0 Å². The SMILES string of the molecule is Cc1ccc(-c2nnc(S[C@@H](C)C(=O)N[C@@H]3CCC[C@H](C)[C@@H]3C)o2)cc1C. The van der Waals surface area contributed by atoms with Crippen LogP contribution in [0.4, 0.5) is 0 Å². The minimum atomic E-state index is -0.275. The van der Waals surface area contributed by atoms with Crippen molar-refractivity contribution in [2.45, 2.75) is 70.4 Å². The normalized spacial score (nSPS) is 23.8. The number of rotatable bonds is 5. The lowest BCUT2D eigenvalue weighted by molar-refractivity contribution is -0.121. The van der Waals surface area contributed by atoms with Gasteiger partial charge >= 0.3 is 0 Å². The highest BCUT2D eigenvalue weighted by molar-refractivity contribution is 8.00. The Hall–Kier alpha value is -1.82. The van der Waals surface area contributed by atoms with E-state index in [1.165, 1.54) is 35.7 Å². The largest absolute Gasteiger partial charge is 0.411 e. The quantitative estimate of drug-likeness (QED) is 0.748. The van der Waals surface area contributed by atoms with Gasteiger partial charge in [-0.15, -0.1) is 10.2 Å². The Morgan fingerprint density at radius 3 is 2.74 bits per heavy atom. The number of amides is 1. The average molecular weight is 388 g/mol. The van der Waals surface area contributed by atoms with Crippen molar-refractivity contribution in [1.82, 2.24) is 15.5 Å². The summed E-state index contributed by atoms with van der Waals surface area (Å²) in [6, 6.07) is 6.33. The lowest BCUT2D eigenvalue weighted by Crippen LogP contribution is -2.46. The van der Waals surface area contributed by atoms with Gasteiger partial charge in [0.2, 0.25) is 11.8 Å². The van der Waals surface area contributed by atoms with E-state index >= 15 is 0 Å². The second kappa shape index (κ2) is 8.46. The smallest absolute Gasteiger partial charge is 0.277 e. The summed E-state index contributed by atoms with van der Waals surface area (Å²) >= 11 is 1.31. The second-order valence-corrected chi connectivity index (χ2v) is 9.11. The highest BCUT2D eigenvalue weighted by Gasteiger charge is 2.30. The van der Waals surface area contributed by atoms with E-state index < -0.39 is 0 Å². The summed E-state index contributed by atoms with van der Waals surface area (Å²) in [5.41, 5.74) is 3.31. The summed E-state index contributed by atoms with van der Waals surface area (Å²) in [6.07, 6.45) is 3.49. The third-order valence-electron chi connectivity index (χ3n) is 5.84. The molecule has 6 heteroatoms. The lowest BCUT2D eigenvalue weighted by Gasteiger charge is -2.35. The van der Waals surface area contributed by atoms with Gasteiger partial charge in [-0.2, -0.15) is 0 Å². The van der Waals surface area contributed by atoms with Crippen LogP contribution in [-0.2, 0) is 4.79 Å². The van der Waals surface area contributed by atoms with Gasteiger partial charge in [0.25, 0.3) is 5.22 Å². The molecule has 0 unspecified atom stereocenters. The monoisotopic (exact) mass is 387 g/mol. The summed E-state index contributed by atoms with van der Waals surface area (Å²) in [7, 11) is 0. The number of benzene rings is 1. The Bertz CT molecular complexity index is 804. The zero-order chi connectivity index (χ0) is 19.6. The molecule has 146 valence electrons. The van der Waals surface area contributed by atoms with Crippen LogP contribution in [-0.4, -0.2) is 27.4 Å². The van der Waals surface area contributed by atoms with Gasteiger partial charge in [-0.25, -0.2) is 0 Å². The molecular weight excluding hydrogens is 358 g/mol. The van der Waals surface area contributed by atoms with Gasteiger partial charge in [-0.1, -0.05) is 44.5 Å². The molecule has 5 nitrogen and oxygen atoms in total. The fourth-order valence-electron chi connectivity index (χ4n) is 3.54. The Kier molecular flexibility index (Phi) is 6.25. The fourth-order valence-corrected chi connectivity index (χ4v) is 4.23. The molecular formula is C21H29N3O2S. The molecule has 1 heterocycles. The first-order valence-corrected chi connectivity index (χ1v) is 10.6. The third-order valence-corrected chi connectivity index (χ3v) is 6.78. The van der Waals surface area contributed by atoms with Gasteiger partial charge in [0.15, 0.2) is 0 Å². The predicted octanol–water partition coefficient (Wildman–Crippen LogP) is 4.77. The molecule has 1 amide bonds.